The normalized spacial score (nSPS) is 10.9. The van der Waals surface area contributed by atoms with Gasteiger partial charge in [-0.2, -0.15) is 5.26 Å². The molecule has 0 spiro atoms. The maximum atomic E-state index is 10.8. The van der Waals surface area contributed by atoms with Crippen LogP contribution in [0.1, 0.15) is 21.5 Å². The Morgan fingerprint density at radius 1 is 1.10 bits per heavy atom. The molecule has 0 aliphatic carbocycles. The number of halogens is 1. The van der Waals surface area contributed by atoms with Crippen LogP contribution in [0.25, 0.3) is 11.6 Å². The number of carboxylic acid groups (broad SMARTS) is 1. The van der Waals surface area contributed by atoms with E-state index in [0.29, 0.717) is 16.2 Å². The van der Waals surface area contributed by atoms with Crippen LogP contribution >= 0.6 is 11.6 Å². The Kier molecular flexibility index (Phi) is 4.19. The number of carbonyl (C=O) groups is 1. The smallest absolute Gasteiger partial charge is 0.335 e. The Morgan fingerprint density at radius 3 is 2.25 bits per heavy atom. The minimum atomic E-state index is -0.995. The Hall–Kier alpha value is -2.57. The Balaban J connectivity index is 2.41. The van der Waals surface area contributed by atoms with Crippen LogP contribution in [0.5, 0.6) is 0 Å². The fourth-order valence-corrected chi connectivity index (χ4v) is 1.91. The summed E-state index contributed by atoms with van der Waals surface area (Å²) in [6.45, 7) is 0. The second kappa shape index (κ2) is 6.05. The van der Waals surface area contributed by atoms with Crippen molar-refractivity contribution in [3.63, 3.8) is 0 Å². The summed E-state index contributed by atoms with van der Waals surface area (Å²) in [7, 11) is 0. The zero-order valence-electron chi connectivity index (χ0n) is 10.4. The maximum absolute atomic E-state index is 10.8. The van der Waals surface area contributed by atoms with Crippen LogP contribution in [0.2, 0.25) is 5.02 Å². The Bertz CT molecular complexity index is 712. The van der Waals surface area contributed by atoms with E-state index in [9.17, 15) is 10.1 Å². The fraction of sp³-hybridized carbons (Fsp3) is 0. The van der Waals surface area contributed by atoms with E-state index in [-0.39, 0.29) is 5.56 Å². The van der Waals surface area contributed by atoms with E-state index >= 15 is 0 Å². The van der Waals surface area contributed by atoms with Crippen LogP contribution in [0.3, 0.4) is 0 Å². The van der Waals surface area contributed by atoms with Crippen LogP contribution in [-0.2, 0) is 0 Å². The van der Waals surface area contributed by atoms with Gasteiger partial charge < -0.3 is 5.11 Å². The molecule has 0 unspecified atom stereocenters. The fourth-order valence-electron chi connectivity index (χ4n) is 1.72. The van der Waals surface area contributed by atoms with Gasteiger partial charge in [-0.15, -0.1) is 0 Å². The van der Waals surface area contributed by atoms with E-state index < -0.39 is 5.97 Å². The lowest BCUT2D eigenvalue weighted by molar-refractivity contribution is 0.0697. The molecule has 98 valence electrons. The Morgan fingerprint density at radius 2 is 1.70 bits per heavy atom. The first kappa shape index (κ1) is 13.9. The summed E-state index contributed by atoms with van der Waals surface area (Å²) in [6.07, 6.45) is 1.68. The summed E-state index contributed by atoms with van der Waals surface area (Å²) in [5, 5.41) is 18.6. The molecule has 4 heteroatoms. The van der Waals surface area contributed by atoms with E-state index in [4.69, 9.17) is 16.7 Å². The lowest BCUT2D eigenvalue weighted by Crippen LogP contribution is -1.95. The van der Waals surface area contributed by atoms with Crippen molar-refractivity contribution in [2.75, 3.05) is 0 Å². The first-order valence-corrected chi connectivity index (χ1v) is 6.19. The van der Waals surface area contributed by atoms with Gasteiger partial charge in [0.1, 0.15) is 0 Å². The summed E-state index contributed by atoms with van der Waals surface area (Å²) < 4.78 is 0. The van der Waals surface area contributed by atoms with E-state index in [2.05, 4.69) is 6.07 Å². The average Bonchev–Trinajstić information content (AvgIpc) is 2.46. The van der Waals surface area contributed by atoms with Crippen LogP contribution in [0.4, 0.5) is 0 Å². The van der Waals surface area contributed by atoms with Gasteiger partial charge in [-0.25, -0.2) is 4.79 Å². The molecule has 0 bridgehead atoms. The number of aromatic carboxylic acids is 1. The molecular weight excluding hydrogens is 274 g/mol. The zero-order chi connectivity index (χ0) is 14.5. The van der Waals surface area contributed by atoms with E-state index in [1.807, 2.05) is 18.2 Å². The second-order valence-electron chi connectivity index (χ2n) is 4.07. The topological polar surface area (TPSA) is 61.1 Å². The van der Waals surface area contributed by atoms with E-state index in [0.717, 1.165) is 5.56 Å². The van der Waals surface area contributed by atoms with Crippen molar-refractivity contribution in [1.82, 2.24) is 0 Å². The van der Waals surface area contributed by atoms with Crippen LogP contribution < -0.4 is 0 Å². The van der Waals surface area contributed by atoms with E-state index in [1.165, 1.54) is 12.1 Å². The molecule has 3 nitrogen and oxygen atoms in total. The largest absolute Gasteiger partial charge is 0.478 e. The molecule has 2 aromatic rings. The molecule has 2 rings (SSSR count). The van der Waals surface area contributed by atoms with Gasteiger partial charge in [0.25, 0.3) is 0 Å². The number of rotatable bonds is 3. The molecule has 0 aromatic heterocycles. The van der Waals surface area contributed by atoms with Gasteiger partial charge in [0.2, 0.25) is 0 Å². The number of hydrogen-bond donors (Lipinski definition) is 1. The summed E-state index contributed by atoms with van der Waals surface area (Å²) in [4.78, 5) is 10.8. The van der Waals surface area contributed by atoms with Crippen molar-refractivity contribution in [2.45, 2.75) is 0 Å². The third kappa shape index (κ3) is 3.05. The van der Waals surface area contributed by atoms with Crippen molar-refractivity contribution >= 4 is 29.2 Å². The van der Waals surface area contributed by atoms with Gasteiger partial charge in [-0.3, -0.25) is 0 Å². The van der Waals surface area contributed by atoms with Crippen LogP contribution in [0.15, 0.2) is 48.5 Å². The molecule has 0 atom stereocenters. The van der Waals surface area contributed by atoms with Gasteiger partial charge in [-0.05, 0) is 35.4 Å². The lowest BCUT2D eigenvalue weighted by atomic mass is 10.0. The number of nitriles is 1. The Labute approximate surface area is 121 Å². The number of benzene rings is 2. The zero-order valence-corrected chi connectivity index (χ0v) is 11.1. The first-order valence-electron chi connectivity index (χ1n) is 5.82. The standard InChI is InChI=1S/C16H10ClNO2/c17-15-4-2-1-3-13(15)9-14(10-18)11-5-7-12(8-6-11)16(19)20/h1-9H,(H,19,20)/b14-9-. The highest BCUT2D eigenvalue weighted by molar-refractivity contribution is 6.32. The summed E-state index contributed by atoms with van der Waals surface area (Å²) in [6, 6.07) is 15.4. The molecule has 0 fully saturated rings. The lowest BCUT2D eigenvalue weighted by Gasteiger charge is -2.02. The molecule has 0 radical (unpaired) electrons. The molecule has 2 aromatic carbocycles. The number of carboxylic acids is 1. The van der Waals surface area contributed by atoms with Gasteiger partial charge >= 0.3 is 5.97 Å². The summed E-state index contributed by atoms with van der Waals surface area (Å²) >= 11 is 6.05. The highest BCUT2D eigenvalue weighted by Gasteiger charge is 2.06. The first-order chi connectivity index (χ1) is 9.61. The predicted octanol–water partition coefficient (Wildman–Crippen LogP) is 4.10. The maximum Gasteiger partial charge on any atom is 0.335 e. The average molecular weight is 284 g/mol. The summed E-state index contributed by atoms with van der Waals surface area (Å²) in [5.41, 5.74) is 2.00. The number of nitrogens with zero attached hydrogens (tertiary/aromatic N) is 1. The monoisotopic (exact) mass is 283 g/mol. The molecule has 0 heterocycles. The molecule has 0 saturated heterocycles. The molecule has 0 aliphatic heterocycles. The van der Waals surface area contributed by atoms with Gasteiger partial charge in [0, 0.05) is 5.02 Å². The van der Waals surface area contributed by atoms with Gasteiger partial charge in [-0.1, -0.05) is 41.9 Å². The minimum Gasteiger partial charge on any atom is -0.478 e. The highest BCUT2D eigenvalue weighted by atomic mass is 35.5. The molecule has 0 amide bonds. The second-order valence-corrected chi connectivity index (χ2v) is 4.48. The summed E-state index contributed by atoms with van der Waals surface area (Å²) in [5.74, 6) is -0.995. The number of hydrogen-bond acceptors (Lipinski definition) is 2. The quantitative estimate of drug-likeness (QED) is 0.681. The third-order valence-corrected chi connectivity index (χ3v) is 3.11. The molecule has 0 saturated carbocycles. The van der Waals surface area contributed by atoms with Crippen LogP contribution in [0, 0.1) is 11.3 Å². The predicted molar refractivity (Wildman–Crippen MR) is 78.3 cm³/mol. The van der Waals surface area contributed by atoms with Gasteiger partial charge in [0.05, 0.1) is 17.2 Å². The molecule has 20 heavy (non-hydrogen) atoms. The van der Waals surface area contributed by atoms with Crippen LogP contribution in [-0.4, -0.2) is 11.1 Å². The van der Waals surface area contributed by atoms with Gasteiger partial charge in [0.15, 0.2) is 0 Å². The van der Waals surface area contributed by atoms with Crippen molar-refractivity contribution in [3.05, 3.63) is 70.2 Å². The SMILES string of the molecule is N#C/C(=C/c1ccccc1Cl)c1ccc(C(=O)O)cc1. The molecular formula is C16H10ClNO2. The van der Waals surface area contributed by atoms with E-state index in [1.54, 1.807) is 24.3 Å². The number of allylic oxidation sites excluding steroid dienone is 1. The van der Waals surface area contributed by atoms with Crippen molar-refractivity contribution in [2.24, 2.45) is 0 Å². The van der Waals surface area contributed by atoms with Crippen molar-refractivity contribution < 1.29 is 9.90 Å². The molecule has 0 aliphatic rings. The highest BCUT2D eigenvalue weighted by Crippen LogP contribution is 2.23. The van der Waals surface area contributed by atoms with Crippen molar-refractivity contribution in [1.29, 1.82) is 5.26 Å². The third-order valence-electron chi connectivity index (χ3n) is 2.77. The minimum absolute atomic E-state index is 0.184. The van der Waals surface area contributed by atoms with Crippen molar-refractivity contribution in [3.8, 4) is 6.07 Å². The molecule has 1 N–H and O–H groups in total.